The Morgan fingerprint density at radius 3 is 0.950 bits per heavy atom. The van der Waals surface area contributed by atoms with Crippen molar-refractivity contribution in [3.05, 3.63) is 92.7 Å². The van der Waals surface area contributed by atoms with Crippen molar-refractivity contribution < 1.29 is 9.59 Å². The SMILES string of the molecule is O=C1C=CC=CC1=O.[N-]=[N+]=[N-].[N-]=[N+]=[N-].c1ccccc1. The molecule has 1 aromatic carbocycles. The van der Waals surface area contributed by atoms with Gasteiger partial charge in [0.25, 0.3) is 0 Å². The Bertz CT molecular complexity index is 463. The highest BCUT2D eigenvalue weighted by atomic mass is 16.2. The standard InChI is InChI=1S/C6H4O2.C6H6.2N3/c7-5-3-1-2-4-6(5)8;1-2-4-6-5-3-1;2*1-3-2/h1-4H;1-6H;;/q;;2*-1. The number of carbonyl (C=O) groups excluding carboxylic acids is 2. The molecular formula is C12H10N6O2-2. The van der Waals surface area contributed by atoms with Crippen LogP contribution in [0.3, 0.4) is 0 Å². The molecule has 0 radical (unpaired) electrons. The predicted molar refractivity (Wildman–Crippen MR) is 74.9 cm³/mol. The highest BCUT2D eigenvalue weighted by molar-refractivity contribution is 6.46. The van der Waals surface area contributed by atoms with E-state index in [0.29, 0.717) is 0 Å². The van der Waals surface area contributed by atoms with Crippen molar-refractivity contribution in [1.29, 1.82) is 0 Å². The molecule has 0 aromatic heterocycles. The summed E-state index contributed by atoms with van der Waals surface area (Å²) in [5.41, 5.74) is 27.0. The normalized spacial score (nSPS) is 10.2. The summed E-state index contributed by atoms with van der Waals surface area (Å²) in [6.45, 7) is 0. The summed E-state index contributed by atoms with van der Waals surface area (Å²) < 4.78 is 0. The molecule has 0 amide bonds. The minimum atomic E-state index is -0.437. The first-order chi connectivity index (χ1) is 9.63. The van der Waals surface area contributed by atoms with E-state index in [4.69, 9.17) is 22.1 Å². The molecule has 0 bridgehead atoms. The lowest BCUT2D eigenvalue weighted by molar-refractivity contribution is -0.131. The number of rotatable bonds is 0. The monoisotopic (exact) mass is 270 g/mol. The average Bonchev–Trinajstić information content (AvgIpc) is 2.46. The molecule has 0 atom stereocenters. The molecule has 20 heavy (non-hydrogen) atoms. The Kier molecular flexibility index (Phi) is 14.9. The van der Waals surface area contributed by atoms with Crippen LogP contribution >= 0.6 is 0 Å². The summed E-state index contributed by atoms with van der Waals surface area (Å²) in [4.78, 5) is 23.6. The van der Waals surface area contributed by atoms with Crippen LogP contribution in [-0.2, 0) is 9.59 Å². The molecule has 2 rings (SSSR count). The van der Waals surface area contributed by atoms with Crippen molar-refractivity contribution in [2.75, 3.05) is 0 Å². The van der Waals surface area contributed by atoms with Gasteiger partial charge in [-0.3, -0.25) is 19.4 Å². The zero-order valence-electron chi connectivity index (χ0n) is 10.3. The summed E-state index contributed by atoms with van der Waals surface area (Å²) in [5.74, 6) is -0.875. The van der Waals surface area contributed by atoms with Gasteiger partial charge in [0.15, 0.2) is 0 Å². The van der Waals surface area contributed by atoms with Crippen LogP contribution < -0.4 is 0 Å². The lowest BCUT2D eigenvalue weighted by Gasteiger charge is -1.88. The molecule has 8 heteroatoms. The molecule has 0 heterocycles. The van der Waals surface area contributed by atoms with Gasteiger partial charge in [-0.1, -0.05) is 48.6 Å². The van der Waals surface area contributed by atoms with E-state index in [1.54, 1.807) is 12.2 Å². The quantitative estimate of drug-likeness (QED) is 0.232. The van der Waals surface area contributed by atoms with Gasteiger partial charge in [-0.2, -0.15) is 0 Å². The third-order valence-corrected chi connectivity index (χ3v) is 1.52. The third-order valence-electron chi connectivity index (χ3n) is 1.52. The summed E-state index contributed by atoms with van der Waals surface area (Å²) >= 11 is 0. The van der Waals surface area contributed by atoms with E-state index in [9.17, 15) is 9.59 Å². The van der Waals surface area contributed by atoms with E-state index < -0.39 is 11.6 Å². The van der Waals surface area contributed by atoms with Gasteiger partial charge in [-0.15, -0.1) is 0 Å². The second-order valence-electron chi connectivity index (χ2n) is 2.78. The Labute approximate surface area is 114 Å². The highest BCUT2D eigenvalue weighted by Crippen LogP contribution is 1.90. The maximum atomic E-state index is 10.3. The molecule has 102 valence electrons. The van der Waals surface area contributed by atoms with Crippen molar-refractivity contribution in [3.63, 3.8) is 0 Å². The summed E-state index contributed by atoms with van der Waals surface area (Å²) in [6.07, 6.45) is 5.60. The number of benzene rings is 1. The summed E-state index contributed by atoms with van der Waals surface area (Å²) in [6, 6.07) is 12.0. The first-order valence-corrected chi connectivity index (χ1v) is 5.04. The molecule has 1 aliphatic rings. The van der Waals surface area contributed by atoms with Crippen LogP contribution in [0.5, 0.6) is 0 Å². The van der Waals surface area contributed by atoms with Crippen molar-refractivity contribution in [3.8, 4) is 0 Å². The molecule has 0 fully saturated rings. The number of nitrogens with zero attached hydrogens (tertiary/aromatic N) is 6. The van der Waals surface area contributed by atoms with Gasteiger partial charge in [-0.25, -0.2) is 0 Å². The lowest BCUT2D eigenvalue weighted by atomic mass is 10.1. The van der Waals surface area contributed by atoms with E-state index in [1.807, 2.05) is 36.4 Å². The smallest absolute Gasteiger partial charge is 0.225 e. The molecule has 0 spiro atoms. The minimum Gasteiger partial charge on any atom is -0.373 e. The van der Waals surface area contributed by atoms with Crippen LogP contribution in [-0.4, -0.2) is 11.6 Å². The number of allylic oxidation sites excluding steroid dienone is 4. The zero-order chi connectivity index (χ0) is 15.6. The fraction of sp³-hybridized carbons (Fsp3) is 0. The molecule has 8 nitrogen and oxygen atoms in total. The Morgan fingerprint density at radius 2 is 0.800 bits per heavy atom. The van der Waals surface area contributed by atoms with Crippen LogP contribution in [0.4, 0.5) is 0 Å². The summed E-state index contributed by atoms with van der Waals surface area (Å²) in [5, 5.41) is 0. The molecule has 0 saturated carbocycles. The number of hydrogen-bond acceptors (Lipinski definition) is 2. The van der Waals surface area contributed by atoms with Gasteiger partial charge >= 0.3 is 0 Å². The fourth-order valence-electron chi connectivity index (χ4n) is 0.835. The van der Waals surface area contributed by atoms with Crippen LogP contribution in [0, 0.1) is 0 Å². The zero-order valence-corrected chi connectivity index (χ0v) is 10.3. The number of hydrogen-bond donors (Lipinski definition) is 0. The first kappa shape index (κ1) is 19.0. The van der Waals surface area contributed by atoms with E-state index in [-0.39, 0.29) is 0 Å². The molecular weight excluding hydrogens is 260 g/mol. The topological polar surface area (TPSA) is 152 Å². The molecule has 0 saturated heterocycles. The molecule has 0 unspecified atom stereocenters. The van der Waals surface area contributed by atoms with Crippen LogP contribution in [0.2, 0.25) is 0 Å². The molecule has 0 aliphatic heterocycles. The van der Waals surface area contributed by atoms with Crippen molar-refractivity contribution in [2.24, 2.45) is 0 Å². The second kappa shape index (κ2) is 15.7. The number of ketones is 2. The predicted octanol–water partition coefficient (Wildman–Crippen LogP) is 3.67. The van der Waals surface area contributed by atoms with Crippen molar-refractivity contribution >= 4 is 11.6 Å². The maximum absolute atomic E-state index is 10.3. The average molecular weight is 270 g/mol. The molecule has 1 aliphatic carbocycles. The first-order valence-electron chi connectivity index (χ1n) is 5.04. The highest BCUT2D eigenvalue weighted by Gasteiger charge is 2.06. The van der Waals surface area contributed by atoms with Gasteiger partial charge in [0, 0.05) is 0 Å². The van der Waals surface area contributed by atoms with Gasteiger partial charge in [0.1, 0.15) is 0 Å². The molecule has 1 aromatic rings. The van der Waals surface area contributed by atoms with E-state index in [0.717, 1.165) is 0 Å². The largest absolute Gasteiger partial charge is 0.373 e. The number of carbonyl (C=O) groups is 2. The fourth-order valence-corrected chi connectivity index (χ4v) is 0.835. The van der Waals surface area contributed by atoms with E-state index in [1.165, 1.54) is 22.0 Å². The van der Waals surface area contributed by atoms with Gasteiger partial charge < -0.3 is 22.1 Å². The van der Waals surface area contributed by atoms with Gasteiger partial charge in [-0.05, 0) is 12.2 Å². The van der Waals surface area contributed by atoms with Crippen molar-refractivity contribution in [2.45, 2.75) is 0 Å². The van der Waals surface area contributed by atoms with Crippen LogP contribution in [0.1, 0.15) is 0 Å². The Hall–Kier alpha value is -3.34. The van der Waals surface area contributed by atoms with Gasteiger partial charge in [0.2, 0.25) is 11.6 Å². The van der Waals surface area contributed by atoms with E-state index in [2.05, 4.69) is 0 Å². The van der Waals surface area contributed by atoms with Gasteiger partial charge in [0.05, 0.1) is 0 Å². The maximum Gasteiger partial charge on any atom is 0.225 e. The van der Waals surface area contributed by atoms with Crippen molar-refractivity contribution in [1.82, 2.24) is 0 Å². The Morgan fingerprint density at radius 1 is 0.600 bits per heavy atom. The second-order valence-corrected chi connectivity index (χ2v) is 2.78. The minimum absolute atomic E-state index is 0.437. The third kappa shape index (κ3) is 14.7. The van der Waals surface area contributed by atoms with E-state index >= 15 is 0 Å². The summed E-state index contributed by atoms with van der Waals surface area (Å²) in [7, 11) is 0. The van der Waals surface area contributed by atoms with Crippen LogP contribution in [0.25, 0.3) is 31.9 Å². The van der Waals surface area contributed by atoms with Crippen LogP contribution in [0.15, 0.2) is 60.7 Å². The molecule has 0 N–H and O–H groups in total. The Balaban J connectivity index is 0. The lowest BCUT2D eigenvalue weighted by Crippen LogP contribution is -2.08.